The van der Waals surface area contributed by atoms with E-state index in [2.05, 4.69) is 22.5 Å². The number of aryl methyl sites for hydroxylation is 1. The minimum absolute atomic E-state index is 0.0607. The highest BCUT2D eigenvalue weighted by atomic mass is 32.1. The van der Waals surface area contributed by atoms with Gasteiger partial charge in [-0.3, -0.25) is 10.1 Å². The summed E-state index contributed by atoms with van der Waals surface area (Å²) in [6.07, 6.45) is 0.924. The summed E-state index contributed by atoms with van der Waals surface area (Å²) in [5.74, 6) is -0.738. The van der Waals surface area contributed by atoms with Crippen LogP contribution in [0.3, 0.4) is 0 Å². The van der Waals surface area contributed by atoms with E-state index in [1.807, 2.05) is 36.4 Å². The molecule has 0 aliphatic rings. The van der Waals surface area contributed by atoms with Crippen molar-refractivity contribution < 1.29 is 13.6 Å². The fraction of sp³-hybridized carbons (Fsp3) is 0.0870. The Balaban J connectivity index is 1.50. The molecule has 0 radical (unpaired) electrons. The lowest BCUT2D eigenvalue weighted by Crippen LogP contribution is -2.34. The fourth-order valence-corrected chi connectivity index (χ4v) is 3.24. The fourth-order valence-electron chi connectivity index (χ4n) is 3.02. The molecule has 1 amide bonds. The number of carbonyl (C=O) groups is 1. The van der Waals surface area contributed by atoms with Gasteiger partial charge in [-0.15, -0.1) is 0 Å². The molecule has 3 aromatic carbocycles. The number of fused-ring (bicyclic) bond motifs is 1. The van der Waals surface area contributed by atoms with Crippen molar-refractivity contribution in [1.82, 2.24) is 10.3 Å². The number of hydrogen-bond acceptors (Lipinski definition) is 4. The average molecular weight is 419 g/mol. The highest BCUT2D eigenvalue weighted by molar-refractivity contribution is 7.80. The Bertz CT molecular complexity index is 1250. The van der Waals surface area contributed by atoms with Gasteiger partial charge in [0, 0.05) is 11.3 Å². The van der Waals surface area contributed by atoms with Crippen LogP contribution in [0.5, 0.6) is 0 Å². The lowest BCUT2D eigenvalue weighted by molar-refractivity contribution is 0.0974. The first kappa shape index (κ1) is 19.7. The van der Waals surface area contributed by atoms with Crippen molar-refractivity contribution in [3.05, 3.63) is 83.7 Å². The number of halogens is 1. The van der Waals surface area contributed by atoms with Gasteiger partial charge in [-0.05, 0) is 66.7 Å². The lowest BCUT2D eigenvalue weighted by Gasteiger charge is -2.10. The molecule has 0 bridgehead atoms. The molecule has 0 saturated heterocycles. The highest BCUT2D eigenvalue weighted by Gasteiger charge is 2.13. The Morgan fingerprint density at radius 1 is 1.10 bits per heavy atom. The van der Waals surface area contributed by atoms with Crippen LogP contribution in [0.15, 0.2) is 71.1 Å². The van der Waals surface area contributed by atoms with E-state index in [0.717, 1.165) is 17.5 Å². The molecule has 1 heterocycles. The maximum absolute atomic E-state index is 13.8. The van der Waals surface area contributed by atoms with Gasteiger partial charge in [0.05, 0.1) is 5.56 Å². The third kappa shape index (κ3) is 4.21. The number of benzene rings is 3. The summed E-state index contributed by atoms with van der Waals surface area (Å²) in [6, 6.07) is 19.0. The van der Waals surface area contributed by atoms with E-state index < -0.39 is 11.7 Å². The lowest BCUT2D eigenvalue weighted by atomic mass is 10.1. The van der Waals surface area contributed by atoms with Gasteiger partial charge < -0.3 is 9.73 Å². The van der Waals surface area contributed by atoms with Crippen molar-refractivity contribution in [3.63, 3.8) is 0 Å². The summed E-state index contributed by atoms with van der Waals surface area (Å²) < 4.78 is 19.6. The van der Waals surface area contributed by atoms with E-state index in [0.29, 0.717) is 17.2 Å². The minimum Gasteiger partial charge on any atom is -0.436 e. The zero-order chi connectivity index (χ0) is 21.1. The third-order valence-electron chi connectivity index (χ3n) is 4.57. The van der Waals surface area contributed by atoms with Crippen LogP contribution < -0.4 is 10.6 Å². The standard InChI is InChI=1S/C23H18FN3O2S/c1-2-14-10-11-20-19(12-14)26-22(29-20)15-6-5-7-16(13-15)25-23(30)27-21(28)17-8-3-4-9-18(17)24/h3-13H,2H2,1H3,(H2,25,27,28,30). The van der Waals surface area contributed by atoms with Crippen molar-refractivity contribution in [2.24, 2.45) is 0 Å². The molecule has 0 saturated carbocycles. The number of hydrogen-bond donors (Lipinski definition) is 2. The van der Waals surface area contributed by atoms with Crippen molar-refractivity contribution in [2.75, 3.05) is 5.32 Å². The van der Waals surface area contributed by atoms with Gasteiger partial charge in [0.1, 0.15) is 11.3 Å². The first-order valence-electron chi connectivity index (χ1n) is 9.40. The van der Waals surface area contributed by atoms with Crippen LogP contribution in [-0.4, -0.2) is 16.0 Å². The number of rotatable bonds is 4. The molecule has 4 aromatic rings. The van der Waals surface area contributed by atoms with E-state index >= 15 is 0 Å². The monoisotopic (exact) mass is 419 g/mol. The second-order valence-electron chi connectivity index (χ2n) is 6.64. The topological polar surface area (TPSA) is 67.2 Å². The molecule has 0 unspecified atom stereocenters. The van der Waals surface area contributed by atoms with Gasteiger partial charge in [0.15, 0.2) is 10.7 Å². The molecule has 2 N–H and O–H groups in total. The minimum atomic E-state index is -0.618. The van der Waals surface area contributed by atoms with Crippen LogP contribution in [0.25, 0.3) is 22.6 Å². The van der Waals surface area contributed by atoms with Gasteiger partial charge in [-0.25, -0.2) is 9.37 Å². The molecule has 0 atom stereocenters. The third-order valence-corrected chi connectivity index (χ3v) is 4.78. The van der Waals surface area contributed by atoms with Gasteiger partial charge in [0.2, 0.25) is 5.89 Å². The average Bonchev–Trinajstić information content (AvgIpc) is 3.17. The largest absolute Gasteiger partial charge is 0.436 e. The first-order valence-corrected chi connectivity index (χ1v) is 9.81. The van der Waals surface area contributed by atoms with E-state index in [1.54, 1.807) is 12.1 Å². The van der Waals surface area contributed by atoms with E-state index in [9.17, 15) is 9.18 Å². The number of thiocarbonyl (C=S) groups is 1. The quantitative estimate of drug-likeness (QED) is 0.438. The van der Waals surface area contributed by atoms with Crippen LogP contribution in [0.1, 0.15) is 22.8 Å². The number of nitrogens with zero attached hydrogens (tertiary/aromatic N) is 1. The van der Waals surface area contributed by atoms with Crippen LogP contribution in [0.2, 0.25) is 0 Å². The smallest absolute Gasteiger partial charge is 0.260 e. The highest BCUT2D eigenvalue weighted by Crippen LogP contribution is 2.27. The van der Waals surface area contributed by atoms with Gasteiger partial charge in [0.25, 0.3) is 5.91 Å². The normalized spacial score (nSPS) is 10.7. The Morgan fingerprint density at radius 2 is 1.93 bits per heavy atom. The molecule has 5 nitrogen and oxygen atoms in total. The maximum Gasteiger partial charge on any atom is 0.260 e. The Labute approximate surface area is 177 Å². The molecular formula is C23H18FN3O2S. The summed E-state index contributed by atoms with van der Waals surface area (Å²) in [4.78, 5) is 16.8. The number of oxazole rings is 1. The molecular weight excluding hydrogens is 401 g/mol. The maximum atomic E-state index is 13.8. The molecule has 1 aromatic heterocycles. The predicted molar refractivity (Wildman–Crippen MR) is 119 cm³/mol. The Morgan fingerprint density at radius 3 is 2.73 bits per heavy atom. The number of aromatic nitrogens is 1. The van der Waals surface area contributed by atoms with Crippen LogP contribution in [0, 0.1) is 5.82 Å². The second-order valence-corrected chi connectivity index (χ2v) is 7.05. The molecule has 7 heteroatoms. The molecule has 0 aliphatic carbocycles. The van der Waals surface area contributed by atoms with Crippen molar-refractivity contribution >= 4 is 40.0 Å². The van der Waals surface area contributed by atoms with Crippen LogP contribution in [0.4, 0.5) is 10.1 Å². The molecule has 30 heavy (non-hydrogen) atoms. The predicted octanol–water partition coefficient (Wildman–Crippen LogP) is 5.32. The first-order chi connectivity index (χ1) is 14.5. The number of carbonyl (C=O) groups excluding carboxylic acids is 1. The zero-order valence-corrected chi connectivity index (χ0v) is 16.9. The summed E-state index contributed by atoms with van der Waals surface area (Å²) in [5.41, 5.74) is 4.03. The van der Waals surface area contributed by atoms with Gasteiger partial charge in [-0.1, -0.05) is 31.2 Å². The Hall–Kier alpha value is -3.58. The number of nitrogens with one attached hydrogen (secondary N) is 2. The zero-order valence-electron chi connectivity index (χ0n) is 16.1. The number of amides is 1. The molecule has 0 spiro atoms. The van der Waals surface area contributed by atoms with Crippen molar-refractivity contribution in [2.45, 2.75) is 13.3 Å². The summed E-state index contributed by atoms with van der Waals surface area (Å²) in [6.45, 7) is 2.09. The molecule has 150 valence electrons. The van der Waals surface area contributed by atoms with Crippen LogP contribution in [-0.2, 0) is 6.42 Å². The second kappa shape index (κ2) is 8.42. The SMILES string of the molecule is CCc1ccc2oc(-c3cccc(NC(=S)NC(=O)c4ccccc4F)c3)nc2c1. The van der Waals surface area contributed by atoms with E-state index in [1.165, 1.54) is 23.8 Å². The number of anilines is 1. The summed E-state index contributed by atoms with van der Waals surface area (Å²) >= 11 is 5.19. The summed E-state index contributed by atoms with van der Waals surface area (Å²) in [7, 11) is 0. The van der Waals surface area contributed by atoms with Gasteiger partial charge >= 0.3 is 0 Å². The van der Waals surface area contributed by atoms with E-state index in [-0.39, 0.29) is 10.7 Å². The van der Waals surface area contributed by atoms with Crippen molar-refractivity contribution in [3.8, 4) is 11.5 Å². The van der Waals surface area contributed by atoms with Crippen molar-refractivity contribution in [1.29, 1.82) is 0 Å². The Kier molecular flexibility index (Phi) is 5.54. The molecule has 0 aliphatic heterocycles. The molecule has 0 fully saturated rings. The van der Waals surface area contributed by atoms with E-state index in [4.69, 9.17) is 16.6 Å². The molecule has 4 rings (SSSR count). The van der Waals surface area contributed by atoms with Crippen LogP contribution >= 0.6 is 12.2 Å². The van der Waals surface area contributed by atoms with Gasteiger partial charge in [-0.2, -0.15) is 0 Å². The summed E-state index contributed by atoms with van der Waals surface area (Å²) in [5, 5.41) is 5.47.